The minimum absolute atomic E-state index is 0.0195. The van der Waals surface area contributed by atoms with Crippen LogP contribution >= 0.6 is 0 Å². The molecule has 0 radical (unpaired) electrons. The number of H-pyrrole nitrogens is 1. The number of amides is 2. The van der Waals surface area contributed by atoms with Gasteiger partial charge in [-0.05, 0) is 25.7 Å². The van der Waals surface area contributed by atoms with Gasteiger partial charge in [0.2, 0.25) is 11.8 Å². The highest BCUT2D eigenvalue weighted by Crippen LogP contribution is 2.41. The molecular formula is C19H28N4O3. The standard InChI is InChI=1S/C19H28N4O3/c1-13(2)11-23-12-19(9-17(23)25)4-6-22(7-5-19)16(24)8-15-10-20-14(3)21-18(15)26/h10,13H,4-9,11-12H2,1-3H3,(H,20,21,26). The highest BCUT2D eigenvalue weighted by Gasteiger charge is 2.45. The number of nitrogens with zero attached hydrogens (tertiary/aromatic N) is 3. The number of hydrogen-bond donors (Lipinski definition) is 1. The van der Waals surface area contributed by atoms with Gasteiger partial charge in [-0.2, -0.15) is 0 Å². The lowest BCUT2D eigenvalue weighted by molar-refractivity contribution is -0.132. The van der Waals surface area contributed by atoms with Crippen molar-refractivity contribution in [2.24, 2.45) is 11.3 Å². The lowest BCUT2D eigenvalue weighted by Crippen LogP contribution is -2.45. The summed E-state index contributed by atoms with van der Waals surface area (Å²) in [4.78, 5) is 47.3. The molecule has 0 aliphatic carbocycles. The van der Waals surface area contributed by atoms with Crippen LogP contribution in [0, 0.1) is 18.3 Å². The molecule has 2 aliphatic rings. The second kappa shape index (κ2) is 7.21. The van der Waals surface area contributed by atoms with Crippen LogP contribution in [0.2, 0.25) is 0 Å². The molecule has 0 bridgehead atoms. The van der Waals surface area contributed by atoms with Crippen molar-refractivity contribution >= 4 is 11.8 Å². The average Bonchev–Trinajstić information content (AvgIpc) is 2.85. The molecule has 0 saturated carbocycles. The summed E-state index contributed by atoms with van der Waals surface area (Å²) in [7, 11) is 0. The Kier molecular flexibility index (Phi) is 5.16. The van der Waals surface area contributed by atoms with Gasteiger partial charge in [0, 0.05) is 49.8 Å². The highest BCUT2D eigenvalue weighted by molar-refractivity contribution is 5.80. The van der Waals surface area contributed by atoms with Gasteiger partial charge < -0.3 is 14.8 Å². The van der Waals surface area contributed by atoms with Gasteiger partial charge in [-0.25, -0.2) is 4.98 Å². The van der Waals surface area contributed by atoms with E-state index in [1.807, 2.05) is 9.80 Å². The fourth-order valence-electron chi connectivity index (χ4n) is 4.06. The van der Waals surface area contributed by atoms with Crippen molar-refractivity contribution in [2.75, 3.05) is 26.2 Å². The van der Waals surface area contributed by atoms with E-state index in [0.29, 0.717) is 36.8 Å². The van der Waals surface area contributed by atoms with Crippen molar-refractivity contribution in [3.63, 3.8) is 0 Å². The molecule has 2 saturated heterocycles. The molecule has 7 heteroatoms. The normalized spacial score (nSPS) is 19.6. The summed E-state index contributed by atoms with van der Waals surface area (Å²) in [5.74, 6) is 1.22. The Morgan fingerprint density at radius 1 is 1.31 bits per heavy atom. The summed E-state index contributed by atoms with van der Waals surface area (Å²) in [5.41, 5.74) is 0.177. The van der Waals surface area contributed by atoms with Crippen LogP contribution in [-0.2, 0) is 16.0 Å². The molecule has 0 unspecified atom stereocenters. The molecule has 2 fully saturated rings. The zero-order valence-electron chi connectivity index (χ0n) is 15.9. The molecule has 1 aromatic heterocycles. The first-order chi connectivity index (χ1) is 12.3. The summed E-state index contributed by atoms with van der Waals surface area (Å²) in [6.07, 6.45) is 3.86. The van der Waals surface area contributed by atoms with Crippen LogP contribution in [0.25, 0.3) is 0 Å². The Hall–Kier alpha value is -2.18. The number of likely N-dealkylation sites (tertiary alicyclic amines) is 2. The number of carbonyl (C=O) groups is 2. The third kappa shape index (κ3) is 3.97. The summed E-state index contributed by atoms with van der Waals surface area (Å²) < 4.78 is 0. The Labute approximate surface area is 153 Å². The maximum Gasteiger partial charge on any atom is 0.254 e. The number of rotatable bonds is 4. The van der Waals surface area contributed by atoms with Crippen LogP contribution in [0.3, 0.4) is 0 Å². The first-order valence-corrected chi connectivity index (χ1v) is 9.38. The van der Waals surface area contributed by atoms with Gasteiger partial charge in [-0.3, -0.25) is 14.4 Å². The third-order valence-electron chi connectivity index (χ3n) is 5.51. The third-order valence-corrected chi connectivity index (χ3v) is 5.51. The van der Waals surface area contributed by atoms with Crippen molar-refractivity contribution < 1.29 is 9.59 Å². The van der Waals surface area contributed by atoms with E-state index in [1.54, 1.807) is 6.92 Å². The molecule has 0 aromatic carbocycles. The van der Waals surface area contributed by atoms with E-state index in [4.69, 9.17) is 0 Å². The van der Waals surface area contributed by atoms with Gasteiger partial charge >= 0.3 is 0 Å². The number of piperidine rings is 1. The van der Waals surface area contributed by atoms with Gasteiger partial charge in [0.05, 0.1) is 6.42 Å². The smallest absolute Gasteiger partial charge is 0.254 e. The van der Waals surface area contributed by atoms with Crippen LogP contribution in [0.4, 0.5) is 0 Å². The average molecular weight is 360 g/mol. The van der Waals surface area contributed by atoms with E-state index < -0.39 is 0 Å². The number of carbonyl (C=O) groups excluding carboxylic acids is 2. The Morgan fingerprint density at radius 3 is 2.62 bits per heavy atom. The lowest BCUT2D eigenvalue weighted by atomic mass is 9.77. The fraction of sp³-hybridized carbons (Fsp3) is 0.684. The van der Waals surface area contributed by atoms with Crippen LogP contribution in [0.15, 0.2) is 11.0 Å². The topological polar surface area (TPSA) is 86.4 Å². The molecule has 1 spiro atoms. The number of aromatic amines is 1. The van der Waals surface area contributed by atoms with Crippen molar-refractivity contribution in [3.05, 3.63) is 27.9 Å². The maximum atomic E-state index is 12.6. The van der Waals surface area contributed by atoms with Gasteiger partial charge in [-0.15, -0.1) is 0 Å². The molecule has 1 aromatic rings. The molecule has 2 aliphatic heterocycles. The van der Waals surface area contributed by atoms with Crippen molar-refractivity contribution in [1.82, 2.24) is 19.8 Å². The molecule has 2 amide bonds. The molecule has 3 heterocycles. The fourth-order valence-corrected chi connectivity index (χ4v) is 4.06. The highest BCUT2D eigenvalue weighted by atomic mass is 16.2. The number of aromatic nitrogens is 2. The second-order valence-corrected chi connectivity index (χ2v) is 8.23. The van der Waals surface area contributed by atoms with E-state index in [1.165, 1.54) is 6.20 Å². The lowest BCUT2D eigenvalue weighted by Gasteiger charge is -2.39. The van der Waals surface area contributed by atoms with Crippen LogP contribution in [-0.4, -0.2) is 57.8 Å². The van der Waals surface area contributed by atoms with Gasteiger partial charge in [-0.1, -0.05) is 13.8 Å². The number of nitrogens with one attached hydrogen (secondary N) is 1. The SMILES string of the molecule is Cc1ncc(CC(=O)N2CCC3(CC2)CC(=O)N(CC(C)C)C3)c(=O)[nH]1. The summed E-state index contributed by atoms with van der Waals surface area (Å²) >= 11 is 0. The Bertz CT molecular complexity index is 747. The van der Waals surface area contributed by atoms with E-state index in [9.17, 15) is 14.4 Å². The zero-order valence-corrected chi connectivity index (χ0v) is 15.9. The van der Waals surface area contributed by atoms with Gasteiger partial charge in [0.25, 0.3) is 5.56 Å². The largest absolute Gasteiger partial charge is 0.342 e. The predicted molar refractivity (Wildman–Crippen MR) is 97.6 cm³/mol. The minimum atomic E-state index is -0.245. The molecule has 0 atom stereocenters. The summed E-state index contributed by atoms with van der Waals surface area (Å²) in [6.45, 7) is 8.89. The van der Waals surface area contributed by atoms with Crippen molar-refractivity contribution in [1.29, 1.82) is 0 Å². The van der Waals surface area contributed by atoms with E-state index >= 15 is 0 Å². The Morgan fingerprint density at radius 2 is 2.00 bits per heavy atom. The zero-order chi connectivity index (χ0) is 18.9. The molecular weight excluding hydrogens is 332 g/mol. The molecule has 142 valence electrons. The van der Waals surface area contributed by atoms with E-state index in [0.717, 1.165) is 25.9 Å². The monoisotopic (exact) mass is 360 g/mol. The molecule has 26 heavy (non-hydrogen) atoms. The van der Waals surface area contributed by atoms with Gasteiger partial charge in [0.15, 0.2) is 0 Å². The maximum absolute atomic E-state index is 12.6. The van der Waals surface area contributed by atoms with Crippen LogP contribution in [0.5, 0.6) is 0 Å². The molecule has 3 rings (SSSR count). The summed E-state index contributed by atoms with van der Waals surface area (Å²) in [6, 6.07) is 0. The second-order valence-electron chi connectivity index (χ2n) is 8.23. The van der Waals surface area contributed by atoms with Gasteiger partial charge in [0.1, 0.15) is 5.82 Å². The predicted octanol–water partition coefficient (Wildman–Crippen LogP) is 1.12. The Balaban J connectivity index is 1.57. The van der Waals surface area contributed by atoms with Crippen molar-refractivity contribution in [3.8, 4) is 0 Å². The quantitative estimate of drug-likeness (QED) is 0.872. The summed E-state index contributed by atoms with van der Waals surface area (Å²) in [5, 5.41) is 0. The van der Waals surface area contributed by atoms with Crippen LogP contribution in [0.1, 0.15) is 44.5 Å². The van der Waals surface area contributed by atoms with E-state index in [-0.39, 0.29) is 29.2 Å². The minimum Gasteiger partial charge on any atom is -0.342 e. The first kappa shape index (κ1) is 18.6. The van der Waals surface area contributed by atoms with Crippen LogP contribution < -0.4 is 5.56 Å². The number of hydrogen-bond acceptors (Lipinski definition) is 4. The van der Waals surface area contributed by atoms with E-state index in [2.05, 4.69) is 23.8 Å². The first-order valence-electron chi connectivity index (χ1n) is 9.38. The van der Waals surface area contributed by atoms with Crippen molar-refractivity contribution in [2.45, 2.75) is 46.5 Å². The molecule has 7 nitrogen and oxygen atoms in total. The molecule has 1 N–H and O–H groups in total. The number of aryl methyl sites for hydroxylation is 1.